The minimum absolute atomic E-state index is 0. The number of thioether (sulfide) groups is 2. The van der Waals surface area contributed by atoms with E-state index in [4.69, 9.17) is 10.2 Å². The maximum absolute atomic E-state index is 10.5. The van der Waals surface area contributed by atoms with Crippen LogP contribution in [0, 0.1) is 0 Å². The Morgan fingerprint density at radius 1 is 1.15 bits per heavy atom. The van der Waals surface area contributed by atoms with E-state index in [0.717, 1.165) is 11.5 Å². The van der Waals surface area contributed by atoms with Gasteiger partial charge in [0.25, 0.3) is 0 Å². The molecule has 0 atom stereocenters. The zero-order valence-electron chi connectivity index (χ0n) is 8.65. The van der Waals surface area contributed by atoms with Crippen molar-refractivity contribution in [2.75, 3.05) is 11.5 Å². The monoisotopic (exact) mass is 346 g/mol. The molecule has 1 heterocycles. The fraction of sp³-hybridized carbons (Fsp3) is 0.333. The van der Waals surface area contributed by atoms with Crippen LogP contribution in [0.4, 0.5) is 0 Å². The summed E-state index contributed by atoms with van der Waals surface area (Å²) >= 11 is 2.58. The summed E-state index contributed by atoms with van der Waals surface area (Å²) in [5.74, 6) is -1.16. The standard InChI is InChI=1S/C6H6O4S2.Ba.2H/c7-4(8)3(5(9)10)6-11-1-2-12-6;;;/h1-2H2,(H,7,8)(H,9,10);;;/q;+2;2*-1. The Kier molecular flexibility index (Phi) is 6.91. The van der Waals surface area contributed by atoms with Crippen molar-refractivity contribution in [3.63, 3.8) is 0 Å². The van der Waals surface area contributed by atoms with E-state index in [1.807, 2.05) is 0 Å². The van der Waals surface area contributed by atoms with Gasteiger partial charge in [0.2, 0.25) is 0 Å². The third-order valence-electron chi connectivity index (χ3n) is 1.18. The van der Waals surface area contributed by atoms with Crippen molar-refractivity contribution in [3.8, 4) is 0 Å². The molecule has 1 rings (SSSR count). The van der Waals surface area contributed by atoms with Gasteiger partial charge in [0, 0.05) is 11.5 Å². The van der Waals surface area contributed by atoms with Crippen LogP contribution in [-0.2, 0) is 9.59 Å². The number of carboxylic acids is 2. The third kappa shape index (κ3) is 3.90. The molecule has 0 radical (unpaired) electrons. The molecule has 0 aromatic rings. The fourth-order valence-electron chi connectivity index (χ4n) is 0.721. The van der Waals surface area contributed by atoms with E-state index >= 15 is 0 Å². The minimum Gasteiger partial charge on any atom is -1.00 e. The first-order valence-corrected chi connectivity index (χ1v) is 5.06. The predicted molar refractivity (Wildman–Crippen MR) is 55.2 cm³/mol. The van der Waals surface area contributed by atoms with Crippen LogP contribution in [0.25, 0.3) is 0 Å². The van der Waals surface area contributed by atoms with E-state index < -0.39 is 17.5 Å². The zero-order chi connectivity index (χ0) is 9.14. The Morgan fingerprint density at radius 3 is 1.85 bits per heavy atom. The number of carboxylic acid groups (broad SMARTS) is 2. The molecule has 0 saturated carbocycles. The Hall–Kier alpha value is 0.951. The molecule has 7 heteroatoms. The Morgan fingerprint density at radius 2 is 1.54 bits per heavy atom. The Bertz CT molecular complexity index is 248. The minimum atomic E-state index is -1.36. The molecule has 0 aromatic carbocycles. The first-order chi connectivity index (χ1) is 5.63. The molecule has 70 valence electrons. The van der Waals surface area contributed by atoms with Crippen LogP contribution in [0.5, 0.6) is 0 Å². The normalized spacial score (nSPS) is 14.9. The summed E-state index contributed by atoms with van der Waals surface area (Å²) in [6, 6.07) is 0. The second-order valence-electron chi connectivity index (χ2n) is 1.97. The maximum atomic E-state index is 10.5. The summed E-state index contributed by atoms with van der Waals surface area (Å²) in [6.45, 7) is 0. The fourth-order valence-corrected chi connectivity index (χ4v) is 3.23. The van der Waals surface area contributed by atoms with Crippen LogP contribution in [0.15, 0.2) is 9.81 Å². The van der Waals surface area contributed by atoms with Crippen molar-refractivity contribution in [1.82, 2.24) is 0 Å². The van der Waals surface area contributed by atoms with Crippen molar-refractivity contribution in [2.45, 2.75) is 0 Å². The zero-order valence-corrected chi connectivity index (χ0v) is 12.7. The number of rotatable bonds is 2. The molecular formula is C6H8BaO4S2. The van der Waals surface area contributed by atoms with Gasteiger partial charge in [-0.15, -0.1) is 23.5 Å². The summed E-state index contributed by atoms with van der Waals surface area (Å²) in [7, 11) is 0. The Balaban J connectivity index is -0.000000480. The molecule has 1 aliphatic rings. The molecule has 0 amide bonds. The second kappa shape index (κ2) is 6.44. The van der Waals surface area contributed by atoms with Gasteiger partial charge in [0.05, 0.1) is 4.24 Å². The molecule has 13 heavy (non-hydrogen) atoms. The van der Waals surface area contributed by atoms with E-state index in [-0.39, 0.29) is 51.7 Å². The van der Waals surface area contributed by atoms with Crippen LogP contribution in [0.3, 0.4) is 0 Å². The molecule has 0 unspecified atom stereocenters. The number of aliphatic carboxylic acids is 2. The van der Waals surface area contributed by atoms with E-state index in [2.05, 4.69) is 0 Å². The van der Waals surface area contributed by atoms with Crippen LogP contribution in [0.1, 0.15) is 2.85 Å². The van der Waals surface area contributed by atoms with Gasteiger partial charge in [-0.05, 0) is 0 Å². The predicted octanol–water partition coefficient (Wildman–Crippen LogP) is 0.691. The van der Waals surface area contributed by atoms with Gasteiger partial charge >= 0.3 is 60.8 Å². The molecular weight excluding hydrogens is 338 g/mol. The first kappa shape index (κ1) is 14.0. The van der Waals surface area contributed by atoms with Crippen molar-refractivity contribution in [1.29, 1.82) is 0 Å². The SMILES string of the molecule is O=C(O)C(C(=O)O)=C1SCCS1.[Ba+2].[H-].[H-]. The van der Waals surface area contributed by atoms with Gasteiger partial charge in [-0.2, -0.15) is 0 Å². The van der Waals surface area contributed by atoms with Gasteiger partial charge in [-0.25, -0.2) is 9.59 Å². The largest absolute Gasteiger partial charge is 2.00 e. The van der Waals surface area contributed by atoms with Gasteiger partial charge in [0.15, 0.2) is 5.57 Å². The van der Waals surface area contributed by atoms with Gasteiger partial charge in [-0.1, -0.05) is 0 Å². The van der Waals surface area contributed by atoms with E-state index in [1.165, 1.54) is 23.5 Å². The van der Waals surface area contributed by atoms with Crippen molar-refractivity contribution in [2.24, 2.45) is 0 Å². The summed E-state index contributed by atoms with van der Waals surface area (Å²) in [4.78, 5) is 20.9. The first-order valence-electron chi connectivity index (χ1n) is 3.09. The van der Waals surface area contributed by atoms with Crippen LogP contribution < -0.4 is 0 Å². The average Bonchev–Trinajstić information content (AvgIpc) is 2.37. The second-order valence-corrected chi connectivity index (χ2v) is 4.44. The van der Waals surface area contributed by atoms with Crippen LogP contribution in [-0.4, -0.2) is 82.5 Å². The molecule has 4 nitrogen and oxygen atoms in total. The molecule has 0 aromatic heterocycles. The molecule has 2 N–H and O–H groups in total. The maximum Gasteiger partial charge on any atom is 2.00 e. The molecule has 0 spiro atoms. The number of hydrogen-bond donors (Lipinski definition) is 2. The van der Waals surface area contributed by atoms with E-state index in [1.54, 1.807) is 0 Å². The van der Waals surface area contributed by atoms with Crippen LogP contribution in [0.2, 0.25) is 0 Å². The average molecular weight is 346 g/mol. The van der Waals surface area contributed by atoms with Crippen molar-refractivity contribution >= 4 is 84.3 Å². The van der Waals surface area contributed by atoms with Crippen LogP contribution >= 0.6 is 23.5 Å². The summed E-state index contributed by atoms with van der Waals surface area (Å²) in [6.07, 6.45) is 0. The van der Waals surface area contributed by atoms with Gasteiger partial charge in [-0.3, -0.25) is 0 Å². The topological polar surface area (TPSA) is 74.6 Å². The van der Waals surface area contributed by atoms with Crippen molar-refractivity contribution < 1.29 is 22.7 Å². The number of hydrogen-bond acceptors (Lipinski definition) is 4. The van der Waals surface area contributed by atoms with E-state index in [0.29, 0.717) is 4.24 Å². The van der Waals surface area contributed by atoms with Gasteiger partial charge < -0.3 is 13.1 Å². The molecule has 1 saturated heterocycles. The Labute approximate surface area is 127 Å². The smallest absolute Gasteiger partial charge is 1.00 e. The van der Waals surface area contributed by atoms with Crippen molar-refractivity contribution in [3.05, 3.63) is 9.81 Å². The molecule has 1 fully saturated rings. The number of carbonyl (C=O) groups is 2. The summed E-state index contributed by atoms with van der Waals surface area (Å²) in [5.41, 5.74) is -0.498. The molecule has 0 bridgehead atoms. The summed E-state index contributed by atoms with van der Waals surface area (Å²) < 4.78 is 0.412. The summed E-state index contributed by atoms with van der Waals surface area (Å²) in [5, 5.41) is 17.1. The van der Waals surface area contributed by atoms with E-state index in [9.17, 15) is 9.59 Å². The third-order valence-corrected chi connectivity index (χ3v) is 3.90. The molecule has 0 aliphatic carbocycles. The quantitative estimate of drug-likeness (QED) is 0.332. The van der Waals surface area contributed by atoms with Gasteiger partial charge in [0.1, 0.15) is 0 Å². The molecule has 1 aliphatic heterocycles.